The van der Waals surface area contributed by atoms with Crippen LogP contribution in [0.15, 0.2) is 0 Å². The lowest BCUT2D eigenvalue weighted by Gasteiger charge is -2.35. The smallest absolute Gasteiger partial charge is 0.244 e. The van der Waals surface area contributed by atoms with E-state index in [4.69, 9.17) is 5.11 Å². The van der Waals surface area contributed by atoms with Gasteiger partial charge in [0, 0.05) is 36.8 Å². The summed E-state index contributed by atoms with van der Waals surface area (Å²) in [5, 5.41) is 14.8. The van der Waals surface area contributed by atoms with Crippen LogP contribution in [0.5, 0.6) is 0 Å². The van der Waals surface area contributed by atoms with Crippen LogP contribution in [0.4, 0.5) is 0 Å². The molecule has 3 saturated heterocycles. The van der Waals surface area contributed by atoms with Crippen LogP contribution in [0, 0.1) is 11.8 Å². The molecule has 0 aromatic rings. The number of thioether (sulfide) groups is 1. The van der Waals surface area contributed by atoms with E-state index < -0.39 is 22.6 Å². The molecule has 3 unspecified atom stereocenters. The summed E-state index contributed by atoms with van der Waals surface area (Å²) in [5.74, 6) is -1.08. The van der Waals surface area contributed by atoms with Crippen LogP contribution in [0.25, 0.3) is 0 Å². The zero-order chi connectivity index (χ0) is 21.9. The monoisotopic (exact) mass is 503 g/mol. The van der Waals surface area contributed by atoms with Gasteiger partial charge in [-0.3, -0.25) is 14.4 Å². The Bertz CT molecular complexity index is 666. The minimum atomic E-state index is -0.547. The number of rotatable bonds is 11. The van der Waals surface area contributed by atoms with Gasteiger partial charge in [0.1, 0.15) is 6.04 Å². The number of halogens is 1. The zero-order valence-corrected chi connectivity index (χ0v) is 20.3. The maximum Gasteiger partial charge on any atom is 0.244 e. The number of alkyl halides is 1. The number of aliphatic hydroxyl groups excluding tert-OH is 1. The van der Waals surface area contributed by atoms with Crippen molar-refractivity contribution in [3.8, 4) is 0 Å². The van der Waals surface area contributed by atoms with Gasteiger partial charge >= 0.3 is 0 Å². The summed E-state index contributed by atoms with van der Waals surface area (Å²) in [6.07, 6.45) is 5.97. The molecule has 6 atom stereocenters. The molecule has 0 saturated carbocycles. The van der Waals surface area contributed by atoms with Crippen LogP contribution >= 0.6 is 27.7 Å². The van der Waals surface area contributed by atoms with Crippen LogP contribution in [-0.4, -0.2) is 75.3 Å². The quantitative estimate of drug-likeness (QED) is 0.294. The van der Waals surface area contributed by atoms with Gasteiger partial charge < -0.3 is 20.6 Å². The number of carbonyl (C=O) groups excluding carboxylic acids is 3. The molecule has 0 aromatic carbocycles. The molecular weight excluding hydrogens is 470 g/mol. The summed E-state index contributed by atoms with van der Waals surface area (Å²) in [5.41, 5.74) is 0. The average molecular weight is 504 g/mol. The number of hydrogen-bond donors (Lipinski definition) is 3. The second-order valence-corrected chi connectivity index (χ2v) is 11.3. The molecule has 3 aliphatic heterocycles. The first-order valence-electron chi connectivity index (χ1n) is 11.2. The summed E-state index contributed by atoms with van der Waals surface area (Å²) >= 11 is 5.42. The predicted molar refractivity (Wildman–Crippen MR) is 121 cm³/mol. The highest BCUT2D eigenvalue weighted by Gasteiger charge is 2.75. The SMILES string of the molecule is CCCCNC(=O)C1N(CCCCCCO)C(=O)[C@@H]2[C@H](C(=O)NC)[C@H]3SC12CC3Br. The van der Waals surface area contributed by atoms with E-state index >= 15 is 0 Å². The van der Waals surface area contributed by atoms with Crippen molar-refractivity contribution >= 4 is 45.4 Å². The number of likely N-dealkylation sites (tertiary alicyclic amines) is 1. The Balaban J connectivity index is 1.85. The number of unbranched alkanes of at least 4 members (excludes halogenated alkanes) is 4. The van der Waals surface area contributed by atoms with E-state index in [1.807, 2.05) is 0 Å². The summed E-state index contributed by atoms with van der Waals surface area (Å²) in [6, 6.07) is -0.533. The Labute approximate surface area is 191 Å². The molecule has 7 nitrogen and oxygen atoms in total. The van der Waals surface area contributed by atoms with Gasteiger partial charge in [-0.1, -0.05) is 42.1 Å². The minimum Gasteiger partial charge on any atom is -0.396 e. The molecule has 2 bridgehead atoms. The highest BCUT2D eigenvalue weighted by molar-refractivity contribution is 9.09. The van der Waals surface area contributed by atoms with E-state index in [1.165, 1.54) is 0 Å². The third-order valence-electron chi connectivity index (χ3n) is 6.72. The summed E-state index contributed by atoms with van der Waals surface area (Å²) in [7, 11) is 1.61. The lowest BCUT2D eigenvalue weighted by atomic mass is 9.70. The summed E-state index contributed by atoms with van der Waals surface area (Å²) < 4.78 is -0.547. The Hall–Kier alpha value is -0.800. The molecule has 3 rings (SSSR count). The Morgan fingerprint density at radius 2 is 1.97 bits per heavy atom. The Kier molecular flexibility index (Phi) is 8.12. The van der Waals surface area contributed by atoms with Crippen molar-refractivity contribution in [2.24, 2.45) is 11.8 Å². The lowest BCUT2D eigenvalue weighted by Crippen LogP contribution is -2.54. The largest absolute Gasteiger partial charge is 0.396 e. The molecule has 1 spiro atoms. The molecule has 3 fully saturated rings. The fraction of sp³-hybridized carbons (Fsp3) is 0.857. The molecule has 0 aliphatic carbocycles. The maximum absolute atomic E-state index is 13.6. The normalized spacial score (nSPS) is 34.3. The van der Waals surface area contributed by atoms with Crippen LogP contribution in [0.3, 0.4) is 0 Å². The number of amides is 3. The molecular formula is C21H34BrN3O4S. The highest BCUT2D eigenvalue weighted by atomic mass is 79.9. The lowest BCUT2D eigenvalue weighted by molar-refractivity contribution is -0.139. The average Bonchev–Trinajstić information content (AvgIpc) is 3.31. The van der Waals surface area contributed by atoms with Gasteiger partial charge in [0.2, 0.25) is 17.7 Å². The second kappa shape index (κ2) is 10.2. The van der Waals surface area contributed by atoms with E-state index in [0.717, 1.165) is 44.9 Å². The molecule has 3 N–H and O–H groups in total. The van der Waals surface area contributed by atoms with E-state index in [0.29, 0.717) is 13.1 Å². The first kappa shape index (κ1) is 23.9. The molecule has 3 aliphatic rings. The van der Waals surface area contributed by atoms with Gasteiger partial charge in [-0.05, 0) is 25.7 Å². The molecule has 3 amide bonds. The summed E-state index contributed by atoms with van der Waals surface area (Å²) in [6.45, 7) is 3.38. The van der Waals surface area contributed by atoms with Crippen molar-refractivity contribution in [1.29, 1.82) is 0 Å². The van der Waals surface area contributed by atoms with Crippen molar-refractivity contribution in [3.63, 3.8) is 0 Å². The van der Waals surface area contributed by atoms with E-state index in [1.54, 1.807) is 23.7 Å². The van der Waals surface area contributed by atoms with Gasteiger partial charge in [-0.15, -0.1) is 11.8 Å². The number of aliphatic hydroxyl groups is 1. The fourth-order valence-electron chi connectivity index (χ4n) is 5.37. The zero-order valence-electron chi connectivity index (χ0n) is 17.9. The van der Waals surface area contributed by atoms with Crippen molar-refractivity contribution in [1.82, 2.24) is 15.5 Å². The van der Waals surface area contributed by atoms with Crippen LogP contribution in [-0.2, 0) is 14.4 Å². The Morgan fingerprint density at radius 1 is 1.23 bits per heavy atom. The van der Waals surface area contributed by atoms with Crippen LogP contribution in [0.1, 0.15) is 51.9 Å². The molecule has 0 aromatic heterocycles. The van der Waals surface area contributed by atoms with Gasteiger partial charge in [0.05, 0.1) is 16.6 Å². The van der Waals surface area contributed by atoms with Crippen LogP contribution in [0.2, 0.25) is 0 Å². The van der Waals surface area contributed by atoms with E-state index in [-0.39, 0.29) is 34.4 Å². The first-order chi connectivity index (χ1) is 14.4. The van der Waals surface area contributed by atoms with Gasteiger partial charge in [0.15, 0.2) is 0 Å². The van der Waals surface area contributed by atoms with Gasteiger partial charge in [-0.25, -0.2) is 0 Å². The first-order valence-corrected chi connectivity index (χ1v) is 12.9. The molecule has 0 radical (unpaired) electrons. The highest BCUT2D eigenvalue weighted by Crippen LogP contribution is 2.67. The molecule has 9 heteroatoms. The fourth-order valence-corrected chi connectivity index (χ4v) is 8.98. The molecule has 3 heterocycles. The molecule has 170 valence electrons. The van der Waals surface area contributed by atoms with Crippen LogP contribution < -0.4 is 10.6 Å². The van der Waals surface area contributed by atoms with E-state index in [2.05, 4.69) is 33.5 Å². The van der Waals surface area contributed by atoms with Crippen molar-refractivity contribution in [3.05, 3.63) is 0 Å². The van der Waals surface area contributed by atoms with Gasteiger partial charge in [0.25, 0.3) is 0 Å². The second-order valence-electron chi connectivity index (χ2n) is 8.59. The third kappa shape index (κ3) is 4.13. The number of fused-ring (bicyclic) bond motifs is 1. The van der Waals surface area contributed by atoms with Crippen molar-refractivity contribution in [2.75, 3.05) is 26.7 Å². The number of hydrogen-bond acceptors (Lipinski definition) is 5. The van der Waals surface area contributed by atoms with Crippen molar-refractivity contribution in [2.45, 2.75) is 72.7 Å². The summed E-state index contributed by atoms with van der Waals surface area (Å²) in [4.78, 5) is 41.5. The number of nitrogens with zero attached hydrogens (tertiary/aromatic N) is 1. The number of nitrogens with one attached hydrogen (secondary N) is 2. The minimum absolute atomic E-state index is 0.0107. The predicted octanol–water partition coefficient (Wildman–Crippen LogP) is 1.67. The maximum atomic E-state index is 13.6. The van der Waals surface area contributed by atoms with E-state index in [9.17, 15) is 14.4 Å². The van der Waals surface area contributed by atoms with Crippen molar-refractivity contribution < 1.29 is 19.5 Å². The molecule has 30 heavy (non-hydrogen) atoms. The number of carbonyl (C=O) groups is 3. The van der Waals surface area contributed by atoms with Gasteiger partial charge in [-0.2, -0.15) is 0 Å². The topological polar surface area (TPSA) is 98.7 Å². The standard InChI is InChI=1S/C21H34BrN3O4S/c1-3-4-9-24-19(28)17-21-12-13(22)16(30-21)14(18(27)23-2)15(21)20(29)25(17)10-7-5-6-8-11-26/h13-17,26H,3-12H2,1-2H3,(H,23,27)(H,24,28)/t13?,14-,15-,16-,17?,21?/m0/s1. The third-order valence-corrected chi connectivity index (χ3v) is 9.94. The Morgan fingerprint density at radius 3 is 2.63 bits per heavy atom.